The van der Waals surface area contributed by atoms with Crippen LogP contribution in [-0.2, 0) is 6.54 Å². The molecule has 5 heteroatoms. The molecule has 2 N–H and O–H groups in total. The lowest BCUT2D eigenvalue weighted by Crippen LogP contribution is -2.41. The highest BCUT2D eigenvalue weighted by Crippen LogP contribution is 2.24. The molecule has 1 atom stereocenters. The summed E-state index contributed by atoms with van der Waals surface area (Å²) in [6.45, 7) is 5.56. The smallest absolute Gasteiger partial charge is 0.141 e. The summed E-state index contributed by atoms with van der Waals surface area (Å²) in [5, 5.41) is 0. The van der Waals surface area contributed by atoms with Gasteiger partial charge in [0.1, 0.15) is 11.6 Å². The monoisotopic (exact) mass is 266 g/mol. The second kappa shape index (κ2) is 6.30. The molecule has 2 heterocycles. The standard InChI is InChI=1S/C14H23FN4/c1-3-13-10-18(2)5-4-6-19(13)14-11(8-16)7-12(15)9-17-14/h7,9,13H,3-6,8,10,16H2,1-2H3. The number of nitrogens with two attached hydrogens (primary N) is 1. The van der Waals surface area contributed by atoms with Crippen molar-refractivity contribution in [1.82, 2.24) is 9.88 Å². The van der Waals surface area contributed by atoms with Crippen molar-refractivity contribution < 1.29 is 4.39 Å². The Balaban J connectivity index is 2.32. The quantitative estimate of drug-likeness (QED) is 0.902. The third-order valence-corrected chi connectivity index (χ3v) is 3.77. The molecule has 2 rings (SSSR count). The van der Waals surface area contributed by atoms with Crippen LogP contribution in [0.1, 0.15) is 25.3 Å². The highest BCUT2D eigenvalue weighted by Gasteiger charge is 2.24. The van der Waals surface area contributed by atoms with Crippen LogP contribution in [0.25, 0.3) is 0 Å². The first-order valence-electron chi connectivity index (χ1n) is 6.95. The molecule has 1 fully saturated rings. The van der Waals surface area contributed by atoms with E-state index in [4.69, 9.17) is 5.73 Å². The second-order valence-corrected chi connectivity index (χ2v) is 5.21. The molecule has 1 aliphatic rings. The molecule has 0 amide bonds. The molecular weight excluding hydrogens is 243 g/mol. The zero-order valence-electron chi connectivity index (χ0n) is 11.8. The Kier molecular flexibility index (Phi) is 4.71. The third kappa shape index (κ3) is 3.22. The summed E-state index contributed by atoms with van der Waals surface area (Å²) >= 11 is 0. The maximum absolute atomic E-state index is 13.3. The number of hydrogen-bond donors (Lipinski definition) is 1. The Morgan fingerprint density at radius 2 is 2.26 bits per heavy atom. The summed E-state index contributed by atoms with van der Waals surface area (Å²) < 4.78 is 13.3. The summed E-state index contributed by atoms with van der Waals surface area (Å²) in [5.74, 6) is 0.537. The Morgan fingerprint density at radius 1 is 1.47 bits per heavy atom. The van der Waals surface area contributed by atoms with Gasteiger partial charge in [-0.3, -0.25) is 0 Å². The lowest BCUT2D eigenvalue weighted by molar-refractivity contribution is 0.327. The average Bonchev–Trinajstić information content (AvgIpc) is 2.60. The predicted octanol–water partition coefficient (Wildman–Crippen LogP) is 1.60. The van der Waals surface area contributed by atoms with E-state index in [-0.39, 0.29) is 5.82 Å². The van der Waals surface area contributed by atoms with E-state index in [2.05, 4.69) is 28.8 Å². The lowest BCUT2D eigenvalue weighted by atomic mass is 10.1. The molecule has 0 aromatic carbocycles. The Morgan fingerprint density at radius 3 is 2.95 bits per heavy atom. The van der Waals surface area contributed by atoms with Crippen LogP contribution in [0.2, 0.25) is 0 Å². The molecule has 106 valence electrons. The van der Waals surface area contributed by atoms with Crippen molar-refractivity contribution in [2.45, 2.75) is 32.4 Å². The number of rotatable bonds is 3. The van der Waals surface area contributed by atoms with Gasteiger partial charge in [0.15, 0.2) is 0 Å². The summed E-state index contributed by atoms with van der Waals surface area (Å²) in [5.41, 5.74) is 6.53. The average molecular weight is 266 g/mol. The molecule has 1 aromatic rings. The highest BCUT2D eigenvalue weighted by molar-refractivity contribution is 5.48. The number of aromatic nitrogens is 1. The van der Waals surface area contributed by atoms with Crippen LogP contribution in [0.3, 0.4) is 0 Å². The van der Waals surface area contributed by atoms with Gasteiger partial charge in [-0.05, 0) is 32.5 Å². The van der Waals surface area contributed by atoms with Crippen LogP contribution in [-0.4, -0.2) is 42.6 Å². The minimum atomic E-state index is -0.316. The van der Waals surface area contributed by atoms with Crippen LogP contribution in [0.4, 0.5) is 10.2 Å². The van der Waals surface area contributed by atoms with E-state index in [0.717, 1.165) is 43.9 Å². The Hall–Kier alpha value is -1.20. The van der Waals surface area contributed by atoms with E-state index in [1.54, 1.807) is 0 Å². The maximum Gasteiger partial charge on any atom is 0.141 e. The van der Waals surface area contributed by atoms with Gasteiger partial charge in [0, 0.05) is 31.2 Å². The van der Waals surface area contributed by atoms with Gasteiger partial charge in [-0.15, -0.1) is 0 Å². The van der Waals surface area contributed by atoms with Gasteiger partial charge >= 0.3 is 0 Å². The first-order valence-corrected chi connectivity index (χ1v) is 6.95. The van der Waals surface area contributed by atoms with Crippen LogP contribution in [0, 0.1) is 5.82 Å². The van der Waals surface area contributed by atoms with Crippen molar-refractivity contribution in [1.29, 1.82) is 0 Å². The number of likely N-dealkylation sites (N-methyl/N-ethyl adjacent to an activating group) is 1. The number of nitrogens with zero attached hydrogens (tertiary/aromatic N) is 3. The van der Waals surface area contributed by atoms with E-state index in [0.29, 0.717) is 12.6 Å². The van der Waals surface area contributed by atoms with Crippen LogP contribution in [0.5, 0.6) is 0 Å². The fourth-order valence-corrected chi connectivity index (χ4v) is 2.75. The molecule has 0 saturated carbocycles. The molecule has 1 unspecified atom stereocenters. The SMILES string of the molecule is CCC1CN(C)CCCN1c1ncc(F)cc1CN. The van der Waals surface area contributed by atoms with E-state index in [1.807, 2.05) is 0 Å². The zero-order valence-corrected chi connectivity index (χ0v) is 11.8. The fourth-order valence-electron chi connectivity index (χ4n) is 2.75. The zero-order chi connectivity index (χ0) is 13.8. The maximum atomic E-state index is 13.3. The Bertz CT molecular complexity index is 424. The molecule has 1 aromatic heterocycles. The van der Waals surface area contributed by atoms with E-state index in [1.165, 1.54) is 12.3 Å². The molecule has 4 nitrogen and oxygen atoms in total. The van der Waals surface area contributed by atoms with Crippen molar-refractivity contribution in [2.24, 2.45) is 5.73 Å². The molecule has 1 saturated heterocycles. The van der Waals surface area contributed by atoms with Crippen molar-refractivity contribution >= 4 is 5.82 Å². The summed E-state index contributed by atoms with van der Waals surface area (Å²) in [4.78, 5) is 8.93. The molecule has 0 spiro atoms. The van der Waals surface area contributed by atoms with Gasteiger partial charge in [-0.25, -0.2) is 9.37 Å². The summed E-state index contributed by atoms with van der Waals surface area (Å²) in [6.07, 6.45) is 3.43. The first kappa shape index (κ1) is 14.2. The molecule has 0 aliphatic carbocycles. The molecule has 19 heavy (non-hydrogen) atoms. The largest absolute Gasteiger partial charge is 0.352 e. The second-order valence-electron chi connectivity index (χ2n) is 5.21. The minimum absolute atomic E-state index is 0.316. The Labute approximate surface area is 114 Å². The number of halogens is 1. The molecule has 1 aliphatic heterocycles. The van der Waals surface area contributed by atoms with Gasteiger partial charge in [0.05, 0.1) is 6.20 Å². The van der Waals surface area contributed by atoms with Crippen molar-refractivity contribution in [3.05, 3.63) is 23.6 Å². The van der Waals surface area contributed by atoms with Crippen LogP contribution >= 0.6 is 0 Å². The van der Waals surface area contributed by atoms with Crippen LogP contribution in [0.15, 0.2) is 12.3 Å². The number of anilines is 1. The molecule has 0 bridgehead atoms. The highest BCUT2D eigenvalue weighted by atomic mass is 19.1. The fraction of sp³-hybridized carbons (Fsp3) is 0.643. The first-order chi connectivity index (χ1) is 9.15. The predicted molar refractivity (Wildman–Crippen MR) is 75.6 cm³/mol. The summed E-state index contributed by atoms with van der Waals surface area (Å²) in [6, 6.07) is 1.92. The van der Waals surface area contributed by atoms with Gasteiger partial charge in [0.2, 0.25) is 0 Å². The van der Waals surface area contributed by atoms with Gasteiger partial charge in [-0.1, -0.05) is 6.92 Å². The van der Waals surface area contributed by atoms with Crippen molar-refractivity contribution in [3.63, 3.8) is 0 Å². The number of hydrogen-bond acceptors (Lipinski definition) is 4. The van der Waals surface area contributed by atoms with Crippen molar-refractivity contribution in [2.75, 3.05) is 31.6 Å². The van der Waals surface area contributed by atoms with Crippen LogP contribution < -0.4 is 10.6 Å². The molecular formula is C14H23FN4. The van der Waals surface area contributed by atoms with Gasteiger partial charge < -0.3 is 15.5 Å². The van der Waals surface area contributed by atoms with Gasteiger partial charge in [0.25, 0.3) is 0 Å². The van der Waals surface area contributed by atoms with Crippen molar-refractivity contribution in [3.8, 4) is 0 Å². The number of pyridine rings is 1. The van der Waals surface area contributed by atoms with Gasteiger partial charge in [-0.2, -0.15) is 0 Å². The topological polar surface area (TPSA) is 45.4 Å². The summed E-state index contributed by atoms with van der Waals surface area (Å²) in [7, 11) is 2.15. The minimum Gasteiger partial charge on any atom is -0.352 e. The molecule has 0 radical (unpaired) electrons. The lowest BCUT2D eigenvalue weighted by Gasteiger charge is -2.32. The van der Waals surface area contributed by atoms with E-state index in [9.17, 15) is 4.39 Å². The van der Waals surface area contributed by atoms with E-state index < -0.39 is 0 Å². The third-order valence-electron chi connectivity index (χ3n) is 3.77. The normalized spacial score (nSPS) is 21.5. The van der Waals surface area contributed by atoms with E-state index >= 15 is 0 Å².